The van der Waals surface area contributed by atoms with Gasteiger partial charge in [0, 0.05) is 67.6 Å². The smallest absolute Gasteiger partial charge is 0.270 e. The van der Waals surface area contributed by atoms with Gasteiger partial charge in [0.2, 0.25) is 0 Å². The zero-order chi connectivity index (χ0) is 21.1. The maximum absolute atomic E-state index is 11.1. The first-order valence-electron chi connectivity index (χ1n) is 10.0. The fourth-order valence-corrected chi connectivity index (χ4v) is 4.29. The second-order valence-corrected chi connectivity index (χ2v) is 8.29. The molecule has 0 aliphatic carbocycles. The molecule has 2 aromatic heterocycles. The van der Waals surface area contributed by atoms with Crippen LogP contribution >= 0.6 is 11.3 Å². The molecule has 156 valence electrons. The molecule has 0 spiro atoms. The normalized spacial score (nSPS) is 14.8. The summed E-state index contributed by atoms with van der Waals surface area (Å²) in [5.41, 5.74) is 2.69. The number of nitrogens with zero attached hydrogens (tertiary/aromatic N) is 6. The third-order valence-electron chi connectivity index (χ3n) is 5.14. The Hall–Kier alpha value is -2.91. The topological polar surface area (TPSA) is 88.3 Å². The average molecular weight is 425 g/mol. The van der Waals surface area contributed by atoms with E-state index >= 15 is 0 Å². The van der Waals surface area contributed by atoms with Crippen LogP contribution in [0.1, 0.15) is 23.3 Å². The van der Waals surface area contributed by atoms with Gasteiger partial charge in [-0.1, -0.05) is 19.1 Å². The van der Waals surface area contributed by atoms with E-state index in [1.807, 2.05) is 19.1 Å². The van der Waals surface area contributed by atoms with Gasteiger partial charge < -0.3 is 4.90 Å². The molecule has 0 bridgehead atoms. The Morgan fingerprint density at radius 2 is 1.93 bits per heavy atom. The quantitative estimate of drug-likeness (QED) is 0.440. The minimum Gasteiger partial charge on any atom is -0.354 e. The van der Waals surface area contributed by atoms with Gasteiger partial charge in [0.1, 0.15) is 5.82 Å². The van der Waals surface area contributed by atoms with Gasteiger partial charge in [-0.15, -0.1) is 11.3 Å². The maximum atomic E-state index is 11.1. The number of aryl methyl sites for hydroxylation is 2. The van der Waals surface area contributed by atoms with Crippen LogP contribution in [0.2, 0.25) is 0 Å². The second kappa shape index (κ2) is 8.85. The van der Waals surface area contributed by atoms with E-state index in [1.54, 1.807) is 17.4 Å². The molecule has 0 unspecified atom stereocenters. The minimum absolute atomic E-state index is 0.0426. The van der Waals surface area contributed by atoms with Crippen LogP contribution in [-0.2, 0) is 13.0 Å². The molecular formula is C21H24N6O2S. The fraction of sp³-hybridized carbons (Fsp3) is 0.381. The number of nitro benzene ring substituents is 1. The fourth-order valence-electron chi connectivity index (χ4n) is 3.55. The molecule has 1 fully saturated rings. The Kier molecular flexibility index (Phi) is 6.01. The molecule has 0 N–H and O–H groups in total. The lowest BCUT2D eigenvalue weighted by Gasteiger charge is -2.35. The summed E-state index contributed by atoms with van der Waals surface area (Å²) in [6.45, 7) is 8.56. The summed E-state index contributed by atoms with van der Waals surface area (Å²) in [5.74, 6) is 1.39. The van der Waals surface area contributed by atoms with Gasteiger partial charge in [-0.05, 0) is 13.3 Å². The van der Waals surface area contributed by atoms with Crippen LogP contribution in [0.15, 0.2) is 35.7 Å². The van der Waals surface area contributed by atoms with E-state index in [4.69, 9.17) is 4.98 Å². The number of aromatic nitrogens is 3. The van der Waals surface area contributed by atoms with Crippen molar-refractivity contribution in [3.63, 3.8) is 0 Å². The van der Waals surface area contributed by atoms with E-state index in [-0.39, 0.29) is 5.69 Å². The van der Waals surface area contributed by atoms with E-state index in [0.29, 0.717) is 11.4 Å². The summed E-state index contributed by atoms with van der Waals surface area (Å²) in [4.78, 5) is 29.3. The van der Waals surface area contributed by atoms with Crippen LogP contribution in [0.3, 0.4) is 0 Å². The van der Waals surface area contributed by atoms with Crippen LogP contribution in [0.4, 0.5) is 11.5 Å². The molecule has 30 heavy (non-hydrogen) atoms. The highest BCUT2D eigenvalue weighted by molar-refractivity contribution is 7.09. The van der Waals surface area contributed by atoms with Crippen molar-refractivity contribution in [2.75, 3.05) is 31.1 Å². The molecule has 3 aromatic rings. The molecule has 9 heteroatoms. The van der Waals surface area contributed by atoms with Crippen LogP contribution in [0.25, 0.3) is 11.4 Å². The predicted octanol–water partition coefficient (Wildman–Crippen LogP) is 3.70. The van der Waals surface area contributed by atoms with Crippen molar-refractivity contribution in [1.29, 1.82) is 0 Å². The van der Waals surface area contributed by atoms with E-state index in [9.17, 15) is 10.1 Å². The highest BCUT2D eigenvalue weighted by Gasteiger charge is 2.20. The lowest BCUT2D eigenvalue weighted by atomic mass is 10.2. The minimum atomic E-state index is -0.398. The lowest BCUT2D eigenvalue weighted by molar-refractivity contribution is -0.384. The van der Waals surface area contributed by atoms with Gasteiger partial charge in [0.25, 0.3) is 5.69 Å². The van der Waals surface area contributed by atoms with Crippen molar-refractivity contribution in [2.45, 2.75) is 26.8 Å². The van der Waals surface area contributed by atoms with E-state index in [1.165, 1.54) is 17.1 Å². The van der Waals surface area contributed by atoms with Crippen molar-refractivity contribution < 1.29 is 4.92 Å². The summed E-state index contributed by atoms with van der Waals surface area (Å²) in [6.07, 6.45) is 0.985. The number of non-ortho nitro benzene ring substituents is 1. The van der Waals surface area contributed by atoms with Gasteiger partial charge in [0.05, 0.1) is 15.6 Å². The Morgan fingerprint density at radius 3 is 2.63 bits per heavy atom. The molecule has 0 amide bonds. The molecule has 0 saturated carbocycles. The molecule has 8 nitrogen and oxygen atoms in total. The SMILES string of the molecule is CCc1nc(CN2CCN(c3cc(C)nc(-c4cccc([N+](=O)[O-])c4)n3)CC2)cs1. The predicted molar refractivity (Wildman–Crippen MR) is 118 cm³/mol. The number of hydrogen-bond acceptors (Lipinski definition) is 8. The van der Waals surface area contributed by atoms with Crippen molar-refractivity contribution >= 4 is 22.8 Å². The molecule has 3 heterocycles. The first kappa shape index (κ1) is 20.4. The van der Waals surface area contributed by atoms with Gasteiger partial charge in [-0.25, -0.2) is 15.0 Å². The Labute approximate surface area is 179 Å². The maximum Gasteiger partial charge on any atom is 0.270 e. The Balaban J connectivity index is 1.46. The summed E-state index contributed by atoms with van der Waals surface area (Å²) in [5, 5.41) is 14.4. The standard InChI is InChI=1S/C21H24N6O2S/c1-3-20-23-17(14-30-20)13-25-7-9-26(10-8-25)19-11-15(2)22-21(24-19)16-5-4-6-18(12-16)27(28)29/h4-6,11-12,14H,3,7-10,13H2,1-2H3. The summed E-state index contributed by atoms with van der Waals surface area (Å²) >= 11 is 1.73. The van der Waals surface area contributed by atoms with Crippen molar-refractivity contribution in [1.82, 2.24) is 19.9 Å². The monoisotopic (exact) mass is 424 g/mol. The van der Waals surface area contributed by atoms with E-state index in [2.05, 4.69) is 32.1 Å². The molecule has 4 rings (SSSR count). The number of benzene rings is 1. The summed E-state index contributed by atoms with van der Waals surface area (Å²) < 4.78 is 0. The van der Waals surface area contributed by atoms with Crippen LogP contribution < -0.4 is 4.90 Å². The van der Waals surface area contributed by atoms with Gasteiger partial charge in [-0.2, -0.15) is 0 Å². The third-order valence-corrected chi connectivity index (χ3v) is 6.18. The number of hydrogen-bond donors (Lipinski definition) is 0. The molecule has 1 aromatic carbocycles. The number of anilines is 1. The van der Waals surface area contributed by atoms with Gasteiger partial charge in [-0.3, -0.25) is 15.0 Å². The molecule has 1 saturated heterocycles. The average Bonchev–Trinajstić information content (AvgIpc) is 3.21. The second-order valence-electron chi connectivity index (χ2n) is 7.35. The Bertz CT molecular complexity index is 1050. The van der Waals surface area contributed by atoms with Crippen molar-refractivity contribution in [3.05, 3.63) is 62.2 Å². The first-order valence-corrected chi connectivity index (χ1v) is 10.9. The van der Waals surface area contributed by atoms with Gasteiger partial charge >= 0.3 is 0 Å². The number of thiazole rings is 1. The number of rotatable bonds is 6. The van der Waals surface area contributed by atoms with Crippen molar-refractivity contribution in [3.8, 4) is 11.4 Å². The van der Waals surface area contributed by atoms with Gasteiger partial charge in [0.15, 0.2) is 5.82 Å². The van der Waals surface area contributed by atoms with Crippen LogP contribution in [0.5, 0.6) is 0 Å². The third kappa shape index (κ3) is 4.63. The largest absolute Gasteiger partial charge is 0.354 e. The number of nitro groups is 1. The summed E-state index contributed by atoms with van der Waals surface area (Å²) in [7, 11) is 0. The molecule has 1 aliphatic heterocycles. The summed E-state index contributed by atoms with van der Waals surface area (Å²) in [6, 6.07) is 8.45. The zero-order valence-electron chi connectivity index (χ0n) is 17.1. The lowest BCUT2D eigenvalue weighted by Crippen LogP contribution is -2.46. The highest BCUT2D eigenvalue weighted by atomic mass is 32.1. The molecule has 1 aliphatic rings. The molecule has 0 atom stereocenters. The Morgan fingerprint density at radius 1 is 1.13 bits per heavy atom. The van der Waals surface area contributed by atoms with E-state index in [0.717, 1.165) is 56.4 Å². The van der Waals surface area contributed by atoms with Crippen LogP contribution in [-0.4, -0.2) is 51.0 Å². The highest BCUT2D eigenvalue weighted by Crippen LogP contribution is 2.24. The number of piperazine rings is 1. The first-order chi connectivity index (χ1) is 14.5. The zero-order valence-corrected chi connectivity index (χ0v) is 17.9. The van der Waals surface area contributed by atoms with E-state index < -0.39 is 4.92 Å². The molecular weight excluding hydrogens is 400 g/mol. The van der Waals surface area contributed by atoms with Crippen molar-refractivity contribution in [2.24, 2.45) is 0 Å². The van der Waals surface area contributed by atoms with Crippen LogP contribution in [0, 0.1) is 17.0 Å². The molecule has 0 radical (unpaired) electrons.